The van der Waals surface area contributed by atoms with Crippen LogP contribution in [-0.2, 0) is 6.42 Å². The van der Waals surface area contributed by atoms with Crippen LogP contribution in [0.2, 0.25) is 0 Å². The van der Waals surface area contributed by atoms with Crippen LogP contribution < -0.4 is 4.74 Å². The Morgan fingerprint density at radius 1 is 1.38 bits per heavy atom. The molecule has 138 valence electrons. The van der Waals surface area contributed by atoms with E-state index in [9.17, 15) is 4.79 Å². The van der Waals surface area contributed by atoms with E-state index < -0.39 is 0 Å². The molecular formula is C20H26N4O2. The second-order valence-electron chi connectivity index (χ2n) is 7.53. The molecule has 0 bridgehead atoms. The van der Waals surface area contributed by atoms with E-state index in [-0.39, 0.29) is 17.2 Å². The molecule has 1 N–H and O–H groups in total. The molecule has 2 aromatic rings. The maximum Gasteiger partial charge on any atom is 0.254 e. The van der Waals surface area contributed by atoms with Crippen molar-refractivity contribution in [1.82, 2.24) is 20.1 Å². The molecule has 26 heavy (non-hydrogen) atoms. The van der Waals surface area contributed by atoms with Gasteiger partial charge in [-0.25, -0.2) is 4.98 Å². The number of nitrogens with zero attached hydrogens (tertiary/aromatic N) is 3. The fourth-order valence-electron chi connectivity index (χ4n) is 4.63. The van der Waals surface area contributed by atoms with E-state index in [1.807, 2.05) is 29.2 Å². The number of hydrogen-bond donors (Lipinski definition) is 1. The summed E-state index contributed by atoms with van der Waals surface area (Å²) in [5, 5.41) is 7.54. The summed E-state index contributed by atoms with van der Waals surface area (Å²) in [5.74, 6) is 2.80. The minimum atomic E-state index is 0.0731. The van der Waals surface area contributed by atoms with Crippen molar-refractivity contribution in [3.63, 3.8) is 0 Å². The zero-order chi connectivity index (χ0) is 18.1. The molecule has 1 atom stereocenters. The van der Waals surface area contributed by atoms with Crippen LogP contribution in [0.5, 0.6) is 5.75 Å². The van der Waals surface area contributed by atoms with Crippen molar-refractivity contribution in [2.45, 2.75) is 44.9 Å². The van der Waals surface area contributed by atoms with Crippen LogP contribution in [-0.4, -0.2) is 46.2 Å². The Labute approximate surface area is 154 Å². The molecule has 1 amide bonds. The summed E-state index contributed by atoms with van der Waals surface area (Å²) in [6, 6.07) is 7.41. The average Bonchev–Trinajstić information content (AvgIpc) is 3.41. The van der Waals surface area contributed by atoms with Crippen molar-refractivity contribution in [1.29, 1.82) is 0 Å². The van der Waals surface area contributed by atoms with Gasteiger partial charge in [-0.1, -0.05) is 25.8 Å². The molecular weight excluding hydrogens is 328 g/mol. The molecule has 2 fully saturated rings. The predicted molar refractivity (Wildman–Crippen MR) is 98.3 cm³/mol. The van der Waals surface area contributed by atoms with Crippen molar-refractivity contribution in [2.75, 3.05) is 20.2 Å². The Morgan fingerprint density at radius 2 is 2.19 bits per heavy atom. The summed E-state index contributed by atoms with van der Waals surface area (Å²) in [5.41, 5.74) is 0.809. The van der Waals surface area contributed by atoms with E-state index in [0.29, 0.717) is 17.9 Å². The summed E-state index contributed by atoms with van der Waals surface area (Å²) in [4.78, 5) is 19.8. The van der Waals surface area contributed by atoms with Crippen molar-refractivity contribution < 1.29 is 9.53 Å². The normalized spacial score (nSPS) is 21.5. The first-order valence-corrected chi connectivity index (χ1v) is 9.50. The Morgan fingerprint density at radius 3 is 2.88 bits per heavy atom. The number of aromatic amines is 1. The van der Waals surface area contributed by atoms with Gasteiger partial charge in [-0.3, -0.25) is 9.89 Å². The number of hydrogen-bond acceptors (Lipinski definition) is 4. The highest BCUT2D eigenvalue weighted by atomic mass is 16.5. The van der Waals surface area contributed by atoms with Crippen LogP contribution in [0.3, 0.4) is 0 Å². The quantitative estimate of drug-likeness (QED) is 0.915. The highest BCUT2D eigenvalue weighted by molar-refractivity contribution is 5.95. The first-order chi connectivity index (χ1) is 12.6. The van der Waals surface area contributed by atoms with Crippen LogP contribution in [0.25, 0.3) is 0 Å². The molecule has 1 aliphatic heterocycles. The van der Waals surface area contributed by atoms with Crippen LogP contribution in [0.4, 0.5) is 0 Å². The van der Waals surface area contributed by atoms with Gasteiger partial charge in [-0.2, -0.15) is 5.10 Å². The van der Waals surface area contributed by atoms with Gasteiger partial charge < -0.3 is 9.64 Å². The summed E-state index contributed by atoms with van der Waals surface area (Å²) in [6.45, 7) is 3.56. The van der Waals surface area contributed by atoms with Crippen molar-refractivity contribution in [2.24, 2.45) is 5.41 Å². The number of benzene rings is 1. The first-order valence-electron chi connectivity index (χ1n) is 9.50. The van der Waals surface area contributed by atoms with Crippen LogP contribution in [0, 0.1) is 5.41 Å². The molecule has 1 saturated carbocycles. The summed E-state index contributed by atoms with van der Waals surface area (Å²) >= 11 is 0. The van der Waals surface area contributed by atoms with Gasteiger partial charge in [0, 0.05) is 31.0 Å². The van der Waals surface area contributed by atoms with E-state index in [4.69, 9.17) is 9.72 Å². The number of ether oxygens (including phenoxy) is 1. The number of nitrogens with one attached hydrogen (secondary N) is 1. The van der Waals surface area contributed by atoms with Crippen LogP contribution >= 0.6 is 0 Å². The molecule has 4 rings (SSSR count). The zero-order valence-corrected chi connectivity index (χ0v) is 15.5. The number of carbonyl (C=O) groups is 1. The van der Waals surface area contributed by atoms with Crippen LogP contribution in [0.15, 0.2) is 24.3 Å². The lowest BCUT2D eigenvalue weighted by Gasteiger charge is -2.27. The second-order valence-corrected chi connectivity index (χ2v) is 7.53. The summed E-state index contributed by atoms with van der Waals surface area (Å²) in [7, 11) is 1.62. The number of H-pyrrole nitrogens is 1. The molecule has 1 saturated heterocycles. The molecule has 6 heteroatoms. The third-order valence-electron chi connectivity index (χ3n) is 6.05. The second kappa shape index (κ2) is 6.74. The summed E-state index contributed by atoms with van der Waals surface area (Å²) < 4.78 is 5.27. The standard InChI is InChI=1S/C20H26N4O2/c1-3-17-21-18(23-22-17)16-12-24(13-20(16)9-4-5-10-20)19(25)14-7-6-8-15(11-14)26-2/h6-8,11,16H,3-5,9-10,12-13H2,1-2H3,(H,21,22,23). The molecule has 6 nitrogen and oxygen atoms in total. The molecule has 1 unspecified atom stereocenters. The Hall–Kier alpha value is -2.37. The Balaban J connectivity index is 1.61. The van der Waals surface area contributed by atoms with Crippen molar-refractivity contribution in [3.8, 4) is 5.75 Å². The molecule has 2 heterocycles. The summed E-state index contributed by atoms with van der Waals surface area (Å²) in [6.07, 6.45) is 5.59. The Bertz CT molecular complexity index is 795. The predicted octanol–water partition coefficient (Wildman–Crippen LogP) is 3.18. The van der Waals surface area contributed by atoms with Gasteiger partial charge in [0.15, 0.2) is 5.82 Å². The van der Waals surface area contributed by atoms with Gasteiger partial charge in [0.1, 0.15) is 11.6 Å². The SMILES string of the molecule is CCc1nc(C2CN(C(=O)c3cccc(OC)c3)CC23CCCC3)n[nH]1. The largest absolute Gasteiger partial charge is 0.497 e. The number of methoxy groups -OCH3 is 1. The fraction of sp³-hybridized carbons (Fsp3) is 0.550. The van der Waals surface area contributed by atoms with E-state index in [0.717, 1.165) is 37.5 Å². The van der Waals surface area contributed by atoms with E-state index in [1.54, 1.807) is 7.11 Å². The first kappa shape index (κ1) is 17.1. The highest BCUT2D eigenvalue weighted by Crippen LogP contribution is 2.52. The minimum absolute atomic E-state index is 0.0731. The fourth-order valence-corrected chi connectivity index (χ4v) is 4.63. The molecule has 1 aliphatic carbocycles. The average molecular weight is 354 g/mol. The van der Waals surface area contributed by atoms with Gasteiger partial charge >= 0.3 is 0 Å². The lowest BCUT2D eigenvalue weighted by molar-refractivity contribution is 0.0773. The number of carbonyl (C=O) groups excluding carboxylic acids is 1. The third kappa shape index (κ3) is 2.87. The number of likely N-dealkylation sites (tertiary alicyclic amines) is 1. The van der Waals surface area contributed by atoms with Gasteiger partial charge in [0.25, 0.3) is 5.91 Å². The Kier molecular flexibility index (Phi) is 4.42. The van der Waals surface area contributed by atoms with E-state index in [2.05, 4.69) is 17.1 Å². The molecule has 1 aromatic carbocycles. The third-order valence-corrected chi connectivity index (χ3v) is 6.05. The van der Waals surface area contributed by atoms with Crippen molar-refractivity contribution >= 4 is 5.91 Å². The number of rotatable bonds is 4. The minimum Gasteiger partial charge on any atom is -0.497 e. The number of aromatic nitrogens is 3. The highest BCUT2D eigenvalue weighted by Gasteiger charge is 2.51. The van der Waals surface area contributed by atoms with E-state index in [1.165, 1.54) is 12.8 Å². The van der Waals surface area contributed by atoms with Gasteiger partial charge in [0.2, 0.25) is 0 Å². The molecule has 1 spiro atoms. The van der Waals surface area contributed by atoms with Gasteiger partial charge in [0.05, 0.1) is 7.11 Å². The smallest absolute Gasteiger partial charge is 0.254 e. The topological polar surface area (TPSA) is 71.1 Å². The van der Waals surface area contributed by atoms with Crippen LogP contribution in [0.1, 0.15) is 60.5 Å². The van der Waals surface area contributed by atoms with Gasteiger partial charge in [-0.15, -0.1) is 0 Å². The zero-order valence-electron chi connectivity index (χ0n) is 15.5. The van der Waals surface area contributed by atoms with Gasteiger partial charge in [-0.05, 0) is 36.5 Å². The molecule has 0 radical (unpaired) electrons. The number of aryl methyl sites for hydroxylation is 1. The maximum absolute atomic E-state index is 13.1. The monoisotopic (exact) mass is 354 g/mol. The maximum atomic E-state index is 13.1. The van der Waals surface area contributed by atoms with E-state index >= 15 is 0 Å². The van der Waals surface area contributed by atoms with Crippen molar-refractivity contribution in [3.05, 3.63) is 41.5 Å². The molecule has 1 aromatic heterocycles. The lowest BCUT2D eigenvalue weighted by atomic mass is 9.76. The lowest BCUT2D eigenvalue weighted by Crippen LogP contribution is -2.31. The number of amides is 1. The molecule has 2 aliphatic rings.